The van der Waals surface area contributed by atoms with Gasteiger partial charge in [0.2, 0.25) is 0 Å². The first-order valence-corrected chi connectivity index (χ1v) is 10.8. The van der Waals surface area contributed by atoms with Crippen molar-refractivity contribution >= 4 is 17.6 Å². The number of hydrogen-bond acceptors (Lipinski definition) is 4. The molecular weight excluding hydrogens is 406 g/mol. The molecule has 0 aliphatic carbocycles. The van der Waals surface area contributed by atoms with E-state index in [0.717, 1.165) is 41.5 Å². The summed E-state index contributed by atoms with van der Waals surface area (Å²) in [4.78, 5) is 25.1. The van der Waals surface area contributed by atoms with E-state index in [9.17, 15) is 14.7 Å². The normalized spacial score (nSPS) is 22.3. The highest BCUT2D eigenvalue weighted by molar-refractivity contribution is 6.30. The van der Waals surface area contributed by atoms with Crippen molar-refractivity contribution in [2.24, 2.45) is 0 Å². The minimum Gasteiger partial charge on any atom is -0.480 e. The van der Waals surface area contributed by atoms with E-state index < -0.39 is 12.0 Å². The second-order valence-corrected chi connectivity index (χ2v) is 8.60. The Morgan fingerprint density at radius 1 is 1.23 bits per heavy atom. The highest BCUT2D eigenvalue weighted by atomic mass is 35.5. The number of hydrogen-bond donors (Lipinski definition) is 1. The topological polar surface area (TPSA) is 77.8 Å². The van der Waals surface area contributed by atoms with E-state index in [1.165, 1.54) is 10.6 Å². The molecule has 30 heavy (non-hydrogen) atoms. The molecule has 1 fully saturated rings. The first-order valence-electron chi connectivity index (χ1n) is 10.4. The third-order valence-electron chi connectivity index (χ3n) is 5.94. The highest BCUT2D eigenvalue weighted by Crippen LogP contribution is 2.33. The zero-order valence-electron chi connectivity index (χ0n) is 17.0. The van der Waals surface area contributed by atoms with Crippen LogP contribution >= 0.6 is 11.6 Å². The average molecular weight is 432 g/mol. The summed E-state index contributed by atoms with van der Waals surface area (Å²) in [5.74, 6) is -1.03. The van der Waals surface area contributed by atoms with E-state index in [2.05, 4.69) is 0 Å². The molecule has 0 saturated carbocycles. The largest absolute Gasteiger partial charge is 0.480 e. The number of carboxylic acids is 1. The fourth-order valence-corrected chi connectivity index (χ4v) is 4.53. The molecule has 160 valence electrons. The zero-order valence-corrected chi connectivity index (χ0v) is 17.7. The molecule has 0 bridgehead atoms. The lowest BCUT2D eigenvalue weighted by Crippen LogP contribution is -2.34. The van der Waals surface area contributed by atoms with Crippen molar-refractivity contribution in [3.8, 4) is 11.1 Å². The maximum absolute atomic E-state index is 13.0. The van der Waals surface area contributed by atoms with Gasteiger partial charge in [0.15, 0.2) is 0 Å². The lowest BCUT2D eigenvalue weighted by atomic mass is 9.92. The number of carbonyl (C=O) groups is 1. The number of rotatable bonds is 4. The molecule has 1 saturated heterocycles. The number of fused-ring (bicyclic) bond motifs is 3. The minimum atomic E-state index is -1.03. The zero-order chi connectivity index (χ0) is 21.3. The summed E-state index contributed by atoms with van der Waals surface area (Å²) in [5, 5.41) is 10.5. The predicted octanol–water partition coefficient (Wildman–Crippen LogP) is 4.21. The van der Waals surface area contributed by atoms with Crippen LogP contribution in [0.2, 0.25) is 5.02 Å². The van der Waals surface area contributed by atoms with Crippen LogP contribution in [0.3, 0.4) is 0 Å². The third kappa shape index (κ3) is 4.46. The van der Waals surface area contributed by atoms with Gasteiger partial charge in [-0.25, -0.2) is 4.79 Å². The summed E-state index contributed by atoms with van der Waals surface area (Å²) >= 11 is 6.24. The first kappa shape index (κ1) is 21.1. The number of aliphatic carboxylic acids is 1. The van der Waals surface area contributed by atoms with Crippen LogP contribution in [0.1, 0.15) is 49.8 Å². The summed E-state index contributed by atoms with van der Waals surface area (Å²) in [7, 11) is 0. The molecule has 4 rings (SSSR count). The molecule has 0 radical (unpaired) electrons. The maximum Gasteiger partial charge on any atom is 0.326 e. The van der Waals surface area contributed by atoms with E-state index in [1.807, 2.05) is 25.1 Å². The van der Waals surface area contributed by atoms with Gasteiger partial charge in [-0.2, -0.15) is 0 Å². The van der Waals surface area contributed by atoms with Crippen molar-refractivity contribution in [3.05, 3.63) is 57.0 Å². The SMILES string of the molecule is CC1Cc2ccc(Cl)cc2-c2cc(=O)n(C(C[C@@H]3CCCCO3)C(=O)O)cc2CO1. The van der Waals surface area contributed by atoms with Crippen LogP contribution in [0.25, 0.3) is 11.1 Å². The second-order valence-electron chi connectivity index (χ2n) is 8.16. The van der Waals surface area contributed by atoms with Crippen LogP contribution in [0.5, 0.6) is 0 Å². The van der Waals surface area contributed by atoms with Crippen molar-refractivity contribution in [2.75, 3.05) is 6.61 Å². The van der Waals surface area contributed by atoms with Crippen molar-refractivity contribution in [1.29, 1.82) is 0 Å². The molecule has 2 aliphatic rings. The Morgan fingerprint density at radius 2 is 2.03 bits per heavy atom. The van der Waals surface area contributed by atoms with E-state index in [4.69, 9.17) is 21.1 Å². The van der Waals surface area contributed by atoms with Gasteiger partial charge in [0, 0.05) is 35.9 Å². The van der Waals surface area contributed by atoms with Gasteiger partial charge in [0.25, 0.3) is 5.56 Å². The van der Waals surface area contributed by atoms with Crippen molar-refractivity contribution in [2.45, 2.75) is 63.9 Å². The summed E-state index contributed by atoms with van der Waals surface area (Å²) in [6.45, 7) is 2.94. The summed E-state index contributed by atoms with van der Waals surface area (Å²) in [6.07, 6.45) is 5.29. The lowest BCUT2D eigenvalue weighted by Gasteiger charge is -2.27. The number of halogens is 1. The number of pyridine rings is 1. The Kier molecular flexibility index (Phi) is 6.27. The van der Waals surface area contributed by atoms with Crippen LogP contribution in [-0.4, -0.2) is 34.5 Å². The first-order chi connectivity index (χ1) is 14.4. The minimum absolute atomic E-state index is 0.00985. The molecule has 0 amide bonds. The standard InChI is InChI=1S/C23H26ClNO5/c1-14-8-15-5-6-17(24)9-19(15)20-11-22(26)25(12-16(20)13-30-14)21(23(27)28)10-18-4-2-3-7-29-18/h5-6,9,11-12,14,18,21H,2-4,7-8,10,13H2,1H3,(H,27,28)/t14?,18-,21?/m0/s1. The molecule has 2 aliphatic heterocycles. The predicted molar refractivity (Wildman–Crippen MR) is 114 cm³/mol. The van der Waals surface area contributed by atoms with Crippen LogP contribution in [0.4, 0.5) is 0 Å². The molecule has 2 unspecified atom stereocenters. The van der Waals surface area contributed by atoms with Gasteiger partial charge in [-0.3, -0.25) is 4.79 Å². The van der Waals surface area contributed by atoms with Crippen molar-refractivity contribution in [3.63, 3.8) is 0 Å². The van der Waals surface area contributed by atoms with E-state index in [-0.39, 0.29) is 24.2 Å². The average Bonchev–Trinajstić information content (AvgIpc) is 2.72. The van der Waals surface area contributed by atoms with Crippen molar-refractivity contribution in [1.82, 2.24) is 4.57 Å². The van der Waals surface area contributed by atoms with E-state index >= 15 is 0 Å². The molecule has 1 N–H and O–H groups in total. The molecule has 1 aromatic carbocycles. The van der Waals surface area contributed by atoms with E-state index in [0.29, 0.717) is 24.7 Å². The summed E-state index contributed by atoms with van der Waals surface area (Å²) < 4.78 is 13.0. The molecule has 2 aromatic rings. The summed E-state index contributed by atoms with van der Waals surface area (Å²) in [5.41, 5.74) is 3.13. The molecular formula is C23H26ClNO5. The molecule has 3 heterocycles. The second kappa shape index (κ2) is 8.92. The monoisotopic (exact) mass is 431 g/mol. The Morgan fingerprint density at radius 3 is 2.77 bits per heavy atom. The summed E-state index contributed by atoms with van der Waals surface area (Å²) in [6, 6.07) is 6.19. The highest BCUT2D eigenvalue weighted by Gasteiger charge is 2.28. The fraction of sp³-hybridized carbons (Fsp3) is 0.478. The Hall–Kier alpha value is -2.15. The van der Waals surface area contributed by atoms with Gasteiger partial charge in [-0.15, -0.1) is 0 Å². The molecule has 1 aromatic heterocycles. The van der Waals surface area contributed by atoms with E-state index in [1.54, 1.807) is 6.20 Å². The Bertz CT molecular complexity index is 996. The third-order valence-corrected chi connectivity index (χ3v) is 6.17. The maximum atomic E-state index is 13.0. The molecule has 7 heteroatoms. The number of ether oxygens (including phenoxy) is 2. The number of carboxylic acid groups (broad SMARTS) is 1. The van der Waals surface area contributed by atoms with Gasteiger partial charge >= 0.3 is 5.97 Å². The van der Waals surface area contributed by atoms with Crippen LogP contribution < -0.4 is 5.56 Å². The number of aromatic nitrogens is 1. The number of benzene rings is 1. The Labute approximate surface area is 180 Å². The van der Waals surface area contributed by atoms with Gasteiger partial charge in [0.05, 0.1) is 18.8 Å². The molecule has 0 spiro atoms. The van der Waals surface area contributed by atoms with Gasteiger partial charge in [-0.1, -0.05) is 17.7 Å². The van der Waals surface area contributed by atoms with Crippen LogP contribution in [0, 0.1) is 0 Å². The van der Waals surface area contributed by atoms with Gasteiger partial charge in [0.1, 0.15) is 6.04 Å². The van der Waals surface area contributed by atoms with Crippen LogP contribution in [-0.2, 0) is 27.3 Å². The smallest absolute Gasteiger partial charge is 0.326 e. The quantitative estimate of drug-likeness (QED) is 0.784. The molecule has 3 atom stereocenters. The molecule has 6 nitrogen and oxygen atoms in total. The van der Waals surface area contributed by atoms with Crippen molar-refractivity contribution < 1.29 is 19.4 Å². The fourth-order valence-electron chi connectivity index (χ4n) is 4.35. The lowest BCUT2D eigenvalue weighted by molar-refractivity contribution is -0.142. The van der Waals surface area contributed by atoms with Gasteiger partial charge < -0.3 is 19.1 Å². The number of nitrogens with zero attached hydrogens (tertiary/aromatic N) is 1. The van der Waals surface area contributed by atoms with Gasteiger partial charge in [-0.05, 0) is 61.4 Å². The Balaban J connectivity index is 1.77. The van der Waals surface area contributed by atoms with Crippen LogP contribution in [0.15, 0.2) is 35.3 Å².